The highest BCUT2D eigenvalue weighted by atomic mass is 16.5. The molecule has 0 aliphatic heterocycles. The molecule has 0 aliphatic carbocycles. The van der Waals surface area contributed by atoms with Gasteiger partial charge in [0.05, 0.1) is 0 Å². The third-order valence-corrected chi connectivity index (χ3v) is 4.74. The van der Waals surface area contributed by atoms with Crippen LogP contribution in [0.15, 0.2) is 83.6 Å². The van der Waals surface area contributed by atoms with Crippen molar-refractivity contribution < 1.29 is 4.52 Å². The highest BCUT2D eigenvalue weighted by Crippen LogP contribution is 2.44. The van der Waals surface area contributed by atoms with E-state index in [4.69, 9.17) is 4.52 Å². The quantitative estimate of drug-likeness (QED) is 0.429. The molecule has 0 radical (unpaired) electrons. The van der Waals surface area contributed by atoms with E-state index in [1.807, 2.05) is 12.1 Å². The molecule has 0 amide bonds. The van der Waals surface area contributed by atoms with Crippen LogP contribution in [0.25, 0.3) is 33.5 Å². The van der Waals surface area contributed by atoms with Crippen molar-refractivity contribution in [3.8, 4) is 33.5 Å². The van der Waals surface area contributed by atoms with E-state index in [1.54, 1.807) is 6.26 Å². The zero-order chi connectivity index (χ0) is 18.9. The van der Waals surface area contributed by atoms with Crippen LogP contribution in [0.1, 0.15) is 26.3 Å². The Morgan fingerprint density at radius 3 is 1.85 bits per heavy atom. The Bertz CT molecular complexity index is 1030. The molecule has 4 aromatic rings. The van der Waals surface area contributed by atoms with Crippen molar-refractivity contribution in [2.45, 2.75) is 26.2 Å². The Morgan fingerprint density at radius 1 is 0.704 bits per heavy atom. The summed E-state index contributed by atoms with van der Waals surface area (Å²) < 4.78 is 5.04. The molecule has 27 heavy (non-hydrogen) atoms. The molecule has 3 heteroatoms. The number of rotatable bonds is 3. The molecule has 0 unspecified atom stereocenters. The number of nitrogens with zero attached hydrogens (tertiary/aromatic N) is 2. The summed E-state index contributed by atoms with van der Waals surface area (Å²) in [6.07, 6.45) is 1.61. The summed E-state index contributed by atoms with van der Waals surface area (Å²) in [6, 6.07) is 25.3. The second kappa shape index (κ2) is 6.84. The lowest BCUT2D eigenvalue weighted by Crippen LogP contribution is -2.15. The topological polar surface area (TPSA) is 38.9 Å². The van der Waals surface area contributed by atoms with Crippen molar-refractivity contribution in [2.24, 2.45) is 0 Å². The summed E-state index contributed by atoms with van der Waals surface area (Å²) in [7, 11) is 0. The average molecular weight is 354 g/mol. The van der Waals surface area contributed by atoms with Crippen molar-refractivity contribution in [3.05, 3.63) is 84.6 Å². The van der Waals surface area contributed by atoms with E-state index in [0.717, 1.165) is 11.3 Å². The summed E-state index contributed by atoms with van der Waals surface area (Å²) in [6.45, 7) is 6.77. The van der Waals surface area contributed by atoms with Crippen molar-refractivity contribution in [1.29, 1.82) is 0 Å². The highest BCUT2D eigenvalue weighted by molar-refractivity contribution is 5.90. The molecular formula is C24H22N2O. The smallest absolute Gasteiger partial charge is 0.152 e. The second-order valence-electron chi connectivity index (χ2n) is 7.68. The van der Waals surface area contributed by atoms with Crippen LogP contribution in [0.4, 0.5) is 0 Å². The molecule has 3 aromatic carbocycles. The maximum atomic E-state index is 5.04. The van der Waals surface area contributed by atoms with Crippen molar-refractivity contribution in [2.75, 3.05) is 0 Å². The van der Waals surface area contributed by atoms with Gasteiger partial charge in [-0.05, 0) is 33.2 Å². The number of hydrogen-bond donors (Lipinski definition) is 0. The van der Waals surface area contributed by atoms with Gasteiger partial charge in [0.15, 0.2) is 6.26 Å². The van der Waals surface area contributed by atoms with Crippen LogP contribution in [0.5, 0.6) is 0 Å². The summed E-state index contributed by atoms with van der Waals surface area (Å²) in [5.74, 6) is 0. The van der Waals surface area contributed by atoms with Crippen LogP contribution < -0.4 is 0 Å². The Morgan fingerprint density at radius 2 is 1.30 bits per heavy atom. The maximum absolute atomic E-state index is 5.04. The van der Waals surface area contributed by atoms with Gasteiger partial charge in [0.1, 0.15) is 5.69 Å². The van der Waals surface area contributed by atoms with Crippen LogP contribution in [0.3, 0.4) is 0 Å². The zero-order valence-electron chi connectivity index (χ0n) is 15.8. The van der Waals surface area contributed by atoms with Gasteiger partial charge in [0, 0.05) is 10.8 Å². The summed E-state index contributed by atoms with van der Waals surface area (Å²) in [5.41, 5.74) is 7.81. The molecule has 0 bridgehead atoms. The van der Waals surface area contributed by atoms with E-state index in [9.17, 15) is 0 Å². The van der Waals surface area contributed by atoms with Crippen LogP contribution in [-0.4, -0.2) is 10.4 Å². The van der Waals surface area contributed by atoms with Crippen molar-refractivity contribution >= 4 is 0 Å². The first kappa shape index (κ1) is 17.2. The van der Waals surface area contributed by atoms with Gasteiger partial charge in [-0.15, -0.1) is 5.10 Å². The fourth-order valence-electron chi connectivity index (χ4n) is 3.64. The van der Waals surface area contributed by atoms with Crippen molar-refractivity contribution in [1.82, 2.24) is 10.4 Å². The third-order valence-electron chi connectivity index (χ3n) is 4.74. The lowest BCUT2D eigenvalue weighted by Gasteiger charge is -2.28. The van der Waals surface area contributed by atoms with Gasteiger partial charge in [-0.3, -0.25) is 0 Å². The summed E-state index contributed by atoms with van der Waals surface area (Å²) >= 11 is 0. The van der Waals surface area contributed by atoms with E-state index in [1.165, 1.54) is 27.8 Å². The van der Waals surface area contributed by atoms with Gasteiger partial charge in [0.25, 0.3) is 0 Å². The molecule has 0 atom stereocenters. The van der Waals surface area contributed by atoms with E-state index in [2.05, 4.69) is 91.8 Å². The molecule has 0 saturated carbocycles. The Labute approximate surface area is 159 Å². The number of benzene rings is 3. The van der Waals surface area contributed by atoms with Gasteiger partial charge in [0.2, 0.25) is 0 Å². The minimum Gasteiger partial charge on any atom is -0.345 e. The Hall–Kier alpha value is -3.20. The molecule has 1 aromatic heterocycles. The zero-order valence-corrected chi connectivity index (χ0v) is 15.8. The van der Waals surface area contributed by atoms with Crippen LogP contribution in [0.2, 0.25) is 0 Å². The first-order chi connectivity index (χ1) is 13.1. The van der Waals surface area contributed by atoms with E-state index >= 15 is 0 Å². The average Bonchev–Trinajstić information content (AvgIpc) is 3.22. The minimum absolute atomic E-state index is 0.0659. The van der Waals surface area contributed by atoms with Crippen LogP contribution in [-0.2, 0) is 5.41 Å². The predicted octanol–water partition coefficient (Wildman–Crippen LogP) is 6.37. The highest BCUT2D eigenvalue weighted by Gasteiger charge is 2.26. The van der Waals surface area contributed by atoms with Gasteiger partial charge >= 0.3 is 0 Å². The molecule has 1 heterocycles. The fraction of sp³-hybridized carbons (Fsp3) is 0.167. The number of aromatic nitrogens is 2. The molecule has 3 nitrogen and oxygen atoms in total. The molecular weight excluding hydrogens is 332 g/mol. The van der Waals surface area contributed by atoms with Gasteiger partial charge < -0.3 is 4.52 Å². The molecule has 134 valence electrons. The first-order valence-electron chi connectivity index (χ1n) is 9.11. The Balaban J connectivity index is 2.11. The summed E-state index contributed by atoms with van der Waals surface area (Å²) in [4.78, 5) is 0. The van der Waals surface area contributed by atoms with E-state index in [-0.39, 0.29) is 5.41 Å². The standard InChI is InChI=1S/C24H22N2O/c1-24(2,3)23-19(17-10-6-4-7-11-17)14-15-20(21-16-27-26-25-21)22(23)18-12-8-5-9-13-18/h4-16H,1-3H3. The molecule has 0 fully saturated rings. The predicted molar refractivity (Wildman–Crippen MR) is 109 cm³/mol. The van der Waals surface area contributed by atoms with Gasteiger partial charge in [-0.25, -0.2) is 0 Å². The van der Waals surface area contributed by atoms with E-state index in [0.29, 0.717) is 0 Å². The van der Waals surface area contributed by atoms with Crippen molar-refractivity contribution in [3.63, 3.8) is 0 Å². The van der Waals surface area contributed by atoms with E-state index < -0.39 is 0 Å². The van der Waals surface area contributed by atoms with Crippen LogP contribution in [0, 0.1) is 0 Å². The second-order valence-corrected chi connectivity index (χ2v) is 7.68. The molecule has 4 rings (SSSR count). The summed E-state index contributed by atoms with van der Waals surface area (Å²) in [5, 5.41) is 7.86. The SMILES string of the molecule is CC(C)(C)c1c(-c2ccccc2)ccc(-c2conn2)c1-c1ccccc1. The molecule has 0 spiro atoms. The third kappa shape index (κ3) is 3.28. The lowest BCUT2D eigenvalue weighted by molar-refractivity contribution is 0.393. The number of hydrogen-bond acceptors (Lipinski definition) is 3. The fourth-order valence-corrected chi connectivity index (χ4v) is 3.64. The van der Waals surface area contributed by atoms with Gasteiger partial charge in [-0.1, -0.05) is 93.6 Å². The molecule has 0 saturated heterocycles. The monoisotopic (exact) mass is 354 g/mol. The van der Waals surface area contributed by atoms with Gasteiger partial charge in [-0.2, -0.15) is 0 Å². The Kier molecular flexibility index (Phi) is 4.36. The minimum atomic E-state index is -0.0659. The maximum Gasteiger partial charge on any atom is 0.152 e. The molecule has 0 N–H and O–H groups in total. The van der Waals surface area contributed by atoms with Crippen LogP contribution >= 0.6 is 0 Å². The largest absolute Gasteiger partial charge is 0.345 e. The normalized spacial score (nSPS) is 11.5. The first-order valence-corrected chi connectivity index (χ1v) is 9.11. The lowest BCUT2D eigenvalue weighted by atomic mass is 9.75. The molecule has 0 aliphatic rings.